The molecule has 48 heavy (non-hydrogen) atoms. The van der Waals surface area contributed by atoms with Crippen LogP contribution >= 0.6 is 7.82 Å². The number of allylic oxidation sites excluding steroid dienone is 8. The fraction of sp³-hybridized carbons (Fsp3) is 0.737. The Morgan fingerprint density at radius 1 is 0.646 bits per heavy atom. The number of esters is 2. The number of hydrogen-bond acceptors (Lipinski definition) is 7. The summed E-state index contributed by atoms with van der Waals surface area (Å²) in [4.78, 5) is 34.9. The molecule has 0 fully saturated rings. The van der Waals surface area contributed by atoms with Crippen LogP contribution in [0.25, 0.3) is 0 Å². The quantitative estimate of drug-likeness (QED) is 0.0243. The highest BCUT2D eigenvalue weighted by atomic mass is 31.2. The fourth-order valence-corrected chi connectivity index (χ4v) is 5.16. The van der Waals surface area contributed by atoms with Gasteiger partial charge >= 0.3 is 19.8 Å². The number of phosphoric acid groups is 1. The molecule has 0 amide bonds. The number of likely N-dealkylation sites (N-methyl/N-ethyl adjacent to an activating group) is 1. The van der Waals surface area contributed by atoms with E-state index in [-0.39, 0.29) is 26.1 Å². The molecule has 0 aliphatic carbocycles. The standard InChI is InChI=1S/C38H68NO8P/c1-6-8-10-12-14-15-16-17-18-19-20-21-22-23-25-26-28-30-37(40)44-34-36(35-46-48(42,43)45-33-32-39(3,4)5)47-38(41)31-29-27-24-13-11-9-7-2/h14-15,17-18,20-21,23,25,36H,6-13,16,19,22,24,26-35H2,1-5H3/p+1/b15-14+,18-17+,21-20+,25-23+/t36-/m0/s1. The average Bonchev–Trinajstić information content (AvgIpc) is 3.02. The Labute approximate surface area is 293 Å². The molecule has 0 spiro atoms. The van der Waals surface area contributed by atoms with Crippen LogP contribution < -0.4 is 0 Å². The van der Waals surface area contributed by atoms with Crippen LogP contribution in [0.3, 0.4) is 0 Å². The second-order valence-electron chi connectivity index (χ2n) is 13.3. The lowest BCUT2D eigenvalue weighted by atomic mass is 10.1. The summed E-state index contributed by atoms with van der Waals surface area (Å²) in [6, 6.07) is 0. The third-order valence-corrected chi connectivity index (χ3v) is 8.35. The maximum absolute atomic E-state index is 12.5. The summed E-state index contributed by atoms with van der Waals surface area (Å²) in [5.41, 5.74) is 0. The van der Waals surface area contributed by atoms with Crippen LogP contribution in [0, 0.1) is 0 Å². The Kier molecular flexibility index (Phi) is 29.7. The Morgan fingerprint density at radius 2 is 1.15 bits per heavy atom. The molecule has 0 aliphatic rings. The Bertz CT molecular complexity index is 970. The van der Waals surface area contributed by atoms with Crippen LogP contribution in [0.4, 0.5) is 0 Å². The van der Waals surface area contributed by atoms with E-state index in [1.807, 2.05) is 21.1 Å². The zero-order chi connectivity index (χ0) is 35.8. The van der Waals surface area contributed by atoms with Gasteiger partial charge in [0.05, 0.1) is 27.7 Å². The van der Waals surface area contributed by atoms with Crippen LogP contribution in [0.5, 0.6) is 0 Å². The molecule has 0 bridgehead atoms. The second-order valence-corrected chi connectivity index (χ2v) is 14.7. The molecule has 0 rings (SSSR count). The van der Waals surface area contributed by atoms with Crippen LogP contribution in [0.1, 0.15) is 129 Å². The number of nitrogens with zero attached hydrogens (tertiary/aromatic N) is 1. The van der Waals surface area contributed by atoms with Gasteiger partial charge in [-0.1, -0.05) is 114 Å². The third-order valence-electron chi connectivity index (χ3n) is 7.36. The third kappa shape index (κ3) is 33.9. The van der Waals surface area contributed by atoms with E-state index in [2.05, 4.69) is 62.5 Å². The zero-order valence-corrected chi connectivity index (χ0v) is 31.8. The fourth-order valence-electron chi connectivity index (χ4n) is 4.42. The summed E-state index contributed by atoms with van der Waals surface area (Å²) in [5.74, 6) is -0.877. The number of phosphoric ester groups is 1. The number of carbonyl (C=O) groups excluding carboxylic acids is 2. The van der Waals surface area contributed by atoms with Gasteiger partial charge in [0, 0.05) is 12.8 Å². The highest BCUT2D eigenvalue weighted by Crippen LogP contribution is 2.43. The summed E-state index contributed by atoms with van der Waals surface area (Å²) in [5, 5.41) is 0. The van der Waals surface area contributed by atoms with Crippen molar-refractivity contribution in [2.45, 2.75) is 136 Å². The Hall–Kier alpha value is -2.03. The normalized spacial score (nSPS) is 14.4. The van der Waals surface area contributed by atoms with E-state index in [1.165, 1.54) is 44.9 Å². The lowest BCUT2D eigenvalue weighted by Crippen LogP contribution is -2.37. The highest BCUT2D eigenvalue weighted by Gasteiger charge is 2.27. The van der Waals surface area contributed by atoms with Gasteiger partial charge in [-0.05, 0) is 51.4 Å². The minimum Gasteiger partial charge on any atom is -0.462 e. The van der Waals surface area contributed by atoms with E-state index < -0.39 is 32.5 Å². The van der Waals surface area contributed by atoms with Crippen molar-refractivity contribution in [3.8, 4) is 0 Å². The first-order valence-electron chi connectivity index (χ1n) is 18.4. The van der Waals surface area contributed by atoms with Crippen molar-refractivity contribution in [3.63, 3.8) is 0 Å². The summed E-state index contributed by atoms with van der Waals surface area (Å²) in [6.07, 6.45) is 33.3. The van der Waals surface area contributed by atoms with E-state index >= 15 is 0 Å². The van der Waals surface area contributed by atoms with E-state index in [0.29, 0.717) is 23.9 Å². The van der Waals surface area contributed by atoms with Gasteiger partial charge in [-0.25, -0.2) is 4.57 Å². The Balaban J connectivity index is 4.48. The summed E-state index contributed by atoms with van der Waals surface area (Å²) < 4.78 is 33.9. The number of ether oxygens (including phenoxy) is 2. The molecule has 9 nitrogen and oxygen atoms in total. The van der Waals surface area contributed by atoms with Crippen molar-refractivity contribution < 1.29 is 42.1 Å². The lowest BCUT2D eigenvalue weighted by molar-refractivity contribution is -0.870. The second kappa shape index (κ2) is 31.0. The van der Waals surface area contributed by atoms with Crippen LogP contribution in [-0.2, 0) is 32.7 Å². The molecule has 0 saturated heterocycles. The van der Waals surface area contributed by atoms with Gasteiger partial charge in [-0.3, -0.25) is 18.6 Å². The topological polar surface area (TPSA) is 108 Å². The average molecular weight is 699 g/mol. The molecule has 0 aliphatic heterocycles. The number of hydrogen-bond donors (Lipinski definition) is 1. The van der Waals surface area contributed by atoms with Gasteiger partial charge < -0.3 is 18.9 Å². The Morgan fingerprint density at radius 3 is 1.73 bits per heavy atom. The molecule has 0 heterocycles. The van der Waals surface area contributed by atoms with E-state index in [0.717, 1.165) is 44.9 Å². The number of unbranched alkanes of at least 4 members (excludes halogenated alkanes) is 10. The van der Waals surface area contributed by atoms with Gasteiger partial charge in [-0.2, -0.15) is 0 Å². The van der Waals surface area contributed by atoms with Crippen molar-refractivity contribution >= 4 is 19.8 Å². The molecular weight excluding hydrogens is 629 g/mol. The van der Waals surface area contributed by atoms with Gasteiger partial charge in [0.1, 0.15) is 19.8 Å². The molecule has 1 N–H and O–H groups in total. The lowest BCUT2D eigenvalue weighted by Gasteiger charge is -2.24. The number of quaternary nitrogens is 1. The monoisotopic (exact) mass is 698 g/mol. The zero-order valence-electron chi connectivity index (χ0n) is 31.0. The van der Waals surface area contributed by atoms with Crippen LogP contribution in [0.15, 0.2) is 48.6 Å². The van der Waals surface area contributed by atoms with Gasteiger partial charge in [0.2, 0.25) is 0 Å². The molecule has 2 atom stereocenters. The number of rotatable bonds is 32. The van der Waals surface area contributed by atoms with Crippen LogP contribution in [0.2, 0.25) is 0 Å². The first-order valence-corrected chi connectivity index (χ1v) is 19.9. The van der Waals surface area contributed by atoms with Gasteiger partial charge in [-0.15, -0.1) is 0 Å². The molecule has 278 valence electrons. The maximum atomic E-state index is 12.5. The van der Waals surface area contributed by atoms with Crippen molar-refractivity contribution in [1.29, 1.82) is 0 Å². The molecule has 0 aromatic carbocycles. The predicted octanol–water partition coefficient (Wildman–Crippen LogP) is 9.57. The molecule has 0 saturated carbocycles. The summed E-state index contributed by atoms with van der Waals surface area (Å²) >= 11 is 0. The van der Waals surface area contributed by atoms with E-state index in [1.54, 1.807) is 0 Å². The smallest absolute Gasteiger partial charge is 0.462 e. The van der Waals surface area contributed by atoms with Crippen molar-refractivity contribution in [2.24, 2.45) is 0 Å². The molecule has 0 aromatic heterocycles. The minimum atomic E-state index is -4.37. The molecule has 0 aromatic rings. The van der Waals surface area contributed by atoms with Gasteiger partial charge in [0.15, 0.2) is 6.10 Å². The maximum Gasteiger partial charge on any atom is 0.472 e. The molecular formula is C38H69NO8P+. The predicted molar refractivity (Wildman–Crippen MR) is 196 cm³/mol. The van der Waals surface area contributed by atoms with E-state index in [4.69, 9.17) is 18.5 Å². The molecule has 0 radical (unpaired) electrons. The van der Waals surface area contributed by atoms with Crippen molar-refractivity contribution in [3.05, 3.63) is 48.6 Å². The first-order chi connectivity index (χ1) is 23.0. The van der Waals surface area contributed by atoms with Crippen molar-refractivity contribution in [2.75, 3.05) is 47.5 Å². The van der Waals surface area contributed by atoms with Crippen LogP contribution in [-0.4, -0.2) is 74.9 Å². The molecule has 10 heteroatoms. The van der Waals surface area contributed by atoms with E-state index in [9.17, 15) is 19.0 Å². The highest BCUT2D eigenvalue weighted by molar-refractivity contribution is 7.47. The summed E-state index contributed by atoms with van der Waals surface area (Å²) in [6.45, 7) is 4.24. The molecule has 1 unspecified atom stereocenters. The van der Waals surface area contributed by atoms with Gasteiger partial charge in [0.25, 0.3) is 0 Å². The summed E-state index contributed by atoms with van der Waals surface area (Å²) in [7, 11) is 1.44. The minimum absolute atomic E-state index is 0.0222. The van der Waals surface area contributed by atoms with Crippen molar-refractivity contribution in [1.82, 2.24) is 0 Å². The first kappa shape index (κ1) is 46.0. The largest absolute Gasteiger partial charge is 0.472 e. The SMILES string of the molecule is CCCCC/C=C/C/C=C/C/C=C/C/C=C/CCCC(=O)OC[C@@H](COP(=O)(O)OCC[N+](C)(C)C)OC(=O)CCCCCCCCC. The number of carbonyl (C=O) groups is 2.